The average molecular weight is 521 g/mol. The molecule has 4 unspecified atom stereocenters. The van der Waals surface area contributed by atoms with Crippen molar-refractivity contribution in [2.75, 3.05) is 13.7 Å². The number of hydrazine groups is 1. The first-order chi connectivity index (χ1) is 17.6. The molecule has 0 spiro atoms. The summed E-state index contributed by atoms with van der Waals surface area (Å²) in [5.74, 6) is 8.64. The third-order valence-corrected chi connectivity index (χ3v) is 7.87. The van der Waals surface area contributed by atoms with Gasteiger partial charge in [0.1, 0.15) is 11.3 Å². The van der Waals surface area contributed by atoms with E-state index in [2.05, 4.69) is 43.3 Å². The van der Waals surface area contributed by atoms with Gasteiger partial charge >= 0.3 is 0 Å². The van der Waals surface area contributed by atoms with Crippen LogP contribution in [0.3, 0.4) is 0 Å². The van der Waals surface area contributed by atoms with Gasteiger partial charge in [-0.2, -0.15) is 0 Å². The molecule has 1 aliphatic heterocycles. The van der Waals surface area contributed by atoms with E-state index in [4.69, 9.17) is 25.7 Å². The molecule has 5 rings (SSSR count). The van der Waals surface area contributed by atoms with Gasteiger partial charge in [-0.3, -0.25) is 5.84 Å². The van der Waals surface area contributed by atoms with Gasteiger partial charge in [-0.05, 0) is 54.5 Å². The highest BCUT2D eigenvalue weighted by atomic mass is 35.5. The molecule has 196 valence electrons. The summed E-state index contributed by atoms with van der Waals surface area (Å²) in [5, 5.41) is 2.00. The van der Waals surface area contributed by atoms with E-state index >= 15 is 0 Å². The van der Waals surface area contributed by atoms with E-state index in [-0.39, 0.29) is 30.3 Å². The van der Waals surface area contributed by atoms with Crippen LogP contribution in [0.5, 0.6) is 5.75 Å². The second-order valence-corrected chi connectivity index (χ2v) is 9.82. The molecule has 0 saturated carbocycles. The Balaban J connectivity index is 0.00000320. The van der Waals surface area contributed by atoms with Gasteiger partial charge in [0.05, 0.1) is 12.6 Å². The first-order valence-corrected chi connectivity index (χ1v) is 12.9. The first kappa shape index (κ1) is 27.1. The number of para-hydroxylation sites is 3. The van der Waals surface area contributed by atoms with Crippen LogP contribution in [0.2, 0.25) is 0 Å². The van der Waals surface area contributed by atoms with Crippen molar-refractivity contribution >= 4 is 23.5 Å². The van der Waals surface area contributed by atoms with Crippen molar-refractivity contribution < 1.29 is 9.15 Å². The molecule has 2 heterocycles. The SMILES string of the molecule is CCCC(N)C1(c2ccccc2)C(Cc2ccccc2OC)C(c2nc3ccccc3o2)CCN1N.Cl. The zero-order valence-corrected chi connectivity index (χ0v) is 22.4. The number of nitrogens with two attached hydrogens (primary N) is 2. The van der Waals surface area contributed by atoms with Crippen LogP contribution in [0, 0.1) is 5.92 Å². The van der Waals surface area contributed by atoms with Crippen molar-refractivity contribution in [1.29, 1.82) is 0 Å². The van der Waals surface area contributed by atoms with Gasteiger partial charge in [0.25, 0.3) is 0 Å². The Bertz CT molecular complexity index is 1260. The maximum absolute atomic E-state index is 7.14. The molecule has 0 amide bonds. The molecule has 4 N–H and O–H groups in total. The van der Waals surface area contributed by atoms with Gasteiger partial charge in [0.2, 0.25) is 0 Å². The Kier molecular flexibility index (Phi) is 8.55. The van der Waals surface area contributed by atoms with Crippen LogP contribution in [0.1, 0.15) is 49.1 Å². The Labute approximate surface area is 225 Å². The topological polar surface area (TPSA) is 90.5 Å². The summed E-state index contributed by atoms with van der Waals surface area (Å²) >= 11 is 0. The van der Waals surface area contributed by atoms with Crippen LogP contribution in [0.25, 0.3) is 11.1 Å². The molecule has 7 heteroatoms. The predicted molar refractivity (Wildman–Crippen MR) is 151 cm³/mol. The van der Waals surface area contributed by atoms with Crippen LogP contribution < -0.4 is 16.3 Å². The summed E-state index contributed by atoms with van der Waals surface area (Å²) < 4.78 is 12.2. The van der Waals surface area contributed by atoms with Crippen molar-refractivity contribution in [3.8, 4) is 5.75 Å². The molecular weight excluding hydrogens is 484 g/mol. The van der Waals surface area contributed by atoms with E-state index in [9.17, 15) is 0 Å². The Morgan fingerprint density at radius 2 is 1.76 bits per heavy atom. The maximum Gasteiger partial charge on any atom is 0.199 e. The fourth-order valence-electron chi connectivity index (χ4n) is 6.25. The lowest BCUT2D eigenvalue weighted by Crippen LogP contribution is -2.68. The number of halogens is 1. The fourth-order valence-corrected chi connectivity index (χ4v) is 6.25. The van der Waals surface area contributed by atoms with Gasteiger partial charge in [-0.25, -0.2) is 9.99 Å². The smallest absolute Gasteiger partial charge is 0.199 e. The normalized spacial score (nSPS) is 22.9. The third kappa shape index (κ3) is 4.87. The third-order valence-electron chi connectivity index (χ3n) is 7.87. The number of rotatable bonds is 8. The molecule has 37 heavy (non-hydrogen) atoms. The number of nitrogens with zero attached hydrogens (tertiary/aromatic N) is 2. The number of oxazole rings is 1. The van der Waals surface area contributed by atoms with Gasteiger partial charge in [0, 0.05) is 18.5 Å². The Morgan fingerprint density at radius 1 is 1.05 bits per heavy atom. The molecule has 3 aromatic carbocycles. The van der Waals surface area contributed by atoms with Crippen LogP contribution in [-0.4, -0.2) is 29.7 Å². The Hall–Kier alpha value is -2.90. The lowest BCUT2D eigenvalue weighted by molar-refractivity contribution is -0.0510. The Morgan fingerprint density at radius 3 is 2.49 bits per heavy atom. The number of benzene rings is 3. The minimum atomic E-state index is -0.609. The van der Waals surface area contributed by atoms with Crippen LogP contribution in [0.15, 0.2) is 83.3 Å². The summed E-state index contributed by atoms with van der Waals surface area (Å²) in [6.07, 6.45) is 3.38. The molecule has 1 fully saturated rings. The van der Waals surface area contributed by atoms with E-state index < -0.39 is 5.54 Å². The summed E-state index contributed by atoms with van der Waals surface area (Å²) in [5.41, 5.74) is 10.5. The summed E-state index contributed by atoms with van der Waals surface area (Å²) in [4.78, 5) is 4.96. The summed E-state index contributed by atoms with van der Waals surface area (Å²) in [6.45, 7) is 2.87. The second-order valence-electron chi connectivity index (χ2n) is 9.82. The molecule has 1 aromatic heterocycles. The van der Waals surface area contributed by atoms with Crippen molar-refractivity contribution in [3.05, 3.63) is 95.9 Å². The second kappa shape index (κ2) is 11.7. The number of fused-ring (bicyclic) bond motifs is 1. The van der Waals surface area contributed by atoms with Crippen molar-refractivity contribution in [3.63, 3.8) is 0 Å². The molecule has 1 saturated heterocycles. The predicted octanol–water partition coefficient (Wildman–Crippen LogP) is 5.80. The quantitative estimate of drug-likeness (QED) is 0.285. The number of hydrogen-bond donors (Lipinski definition) is 2. The molecular formula is C30H37ClN4O2. The average Bonchev–Trinajstić information content (AvgIpc) is 3.34. The number of piperidine rings is 1. The van der Waals surface area contributed by atoms with Crippen molar-refractivity contribution in [2.24, 2.45) is 17.5 Å². The summed E-state index contributed by atoms with van der Waals surface area (Å²) in [7, 11) is 1.72. The fraction of sp³-hybridized carbons (Fsp3) is 0.367. The van der Waals surface area contributed by atoms with E-state index in [1.165, 1.54) is 0 Å². The number of methoxy groups -OCH3 is 1. The zero-order chi connectivity index (χ0) is 25.1. The van der Waals surface area contributed by atoms with Gasteiger partial charge in [0.15, 0.2) is 11.5 Å². The lowest BCUT2D eigenvalue weighted by atomic mass is 9.61. The van der Waals surface area contributed by atoms with Crippen LogP contribution in [0.4, 0.5) is 0 Å². The molecule has 0 aliphatic carbocycles. The van der Waals surface area contributed by atoms with Crippen molar-refractivity contribution in [2.45, 2.75) is 50.1 Å². The van der Waals surface area contributed by atoms with Gasteiger partial charge < -0.3 is 14.9 Å². The number of hydrogen-bond acceptors (Lipinski definition) is 6. The highest BCUT2D eigenvalue weighted by Crippen LogP contribution is 2.51. The number of ether oxygens (including phenoxy) is 1. The van der Waals surface area contributed by atoms with E-state index in [0.29, 0.717) is 6.54 Å². The van der Waals surface area contributed by atoms with Crippen molar-refractivity contribution in [1.82, 2.24) is 9.99 Å². The lowest BCUT2D eigenvalue weighted by Gasteiger charge is -2.56. The zero-order valence-electron chi connectivity index (χ0n) is 21.5. The first-order valence-electron chi connectivity index (χ1n) is 12.9. The molecule has 0 radical (unpaired) electrons. The number of aromatic nitrogens is 1. The van der Waals surface area contributed by atoms with Crippen LogP contribution >= 0.6 is 12.4 Å². The molecule has 4 atom stereocenters. The largest absolute Gasteiger partial charge is 0.496 e. The molecule has 4 aromatic rings. The van der Waals surface area contributed by atoms with E-state index in [1.54, 1.807) is 7.11 Å². The monoisotopic (exact) mass is 520 g/mol. The minimum Gasteiger partial charge on any atom is -0.496 e. The molecule has 0 bridgehead atoms. The van der Waals surface area contributed by atoms with E-state index in [1.807, 2.05) is 47.5 Å². The van der Waals surface area contributed by atoms with E-state index in [0.717, 1.165) is 59.6 Å². The molecule has 1 aliphatic rings. The maximum atomic E-state index is 7.14. The highest BCUT2D eigenvalue weighted by Gasteiger charge is 2.55. The summed E-state index contributed by atoms with van der Waals surface area (Å²) in [6, 6.07) is 26.5. The van der Waals surface area contributed by atoms with Gasteiger partial charge in [-0.1, -0.05) is 74.0 Å². The van der Waals surface area contributed by atoms with Crippen LogP contribution in [-0.2, 0) is 12.0 Å². The molecule has 6 nitrogen and oxygen atoms in total. The standard InChI is InChI=1S/C30H36N4O2.ClH/c1-3-11-28(31)30(22-13-5-4-6-14-22)24(20-21-12-7-9-16-26(21)35-2)23(18-19-34(30)32)29-33-25-15-8-10-17-27(25)36-29;/h4-10,12-17,23-24,28H,3,11,18-20,31-32H2,1-2H3;1H. The highest BCUT2D eigenvalue weighted by molar-refractivity contribution is 5.85. The van der Waals surface area contributed by atoms with Gasteiger partial charge in [-0.15, -0.1) is 12.4 Å². The minimum absolute atomic E-state index is 0.